The molecule has 0 fully saturated rings. The lowest BCUT2D eigenvalue weighted by Gasteiger charge is -2.18. The van der Waals surface area contributed by atoms with E-state index in [0.717, 1.165) is 11.1 Å². The fourth-order valence-electron chi connectivity index (χ4n) is 3.48. The van der Waals surface area contributed by atoms with Gasteiger partial charge in [0.05, 0.1) is 6.54 Å². The van der Waals surface area contributed by atoms with E-state index in [-0.39, 0.29) is 23.9 Å². The highest BCUT2D eigenvalue weighted by molar-refractivity contribution is 5.77. The molecule has 1 amide bonds. The molecule has 1 N–H and O–H groups in total. The van der Waals surface area contributed by atoms with Gasteiger partial charge in [0.25, 0.3) is 5.56 Å². The first-order valence-electron chi connectivity index (χ1n) is 10.2. The second kappa shape index (κ2) is 9.67. The number of nitrogens with one attached hydrogen (secondary N) is 1. The van der Waals surface area contributed by atoms with Crippen molar-refractivity contribution >= 4 is 5.91 Å². The fourth-order valence-corrected chi connectivity index (χ4v) is 3.48. The summed E-state index contributed by atoms with van der Waals surface area (Å²) < 4.78 is 2.92. The molecule has 0 unspecified atom stereocenters. The zero-order valence-electron chi connectivity index (χ0n) is 17.0. The molecule has 0 aliphatic rings. The van der Waals surface area contributed by atoms with Crippen molar-refractivity contribution in [3.05, 3.63) is 113 Å². The lowest BCUT2D eigenvalue weighted by molar-refractivity contribution is -0.121. The van der Waals surface area contributed by atoms with Gasteiger partial charge in [-0.25, -0.2) is 9.36 Å². The van der Waals surface area contributed by atoms with Crippen LogP contribution in [0, 0.1) is 0 Å². The van der Waals surface area contributed by atoms with Crippen LogP contribution in [0.2, 0.25) is 0 Å². The highest BCUT2D eigenvalue weighted by Gasteiger charge is 2.18. The van der Waals surface area contributed by atoms with Crippen molar-refractivity contribution in [2.75, 3.05) is 6.54 Å². The Balaban J connectivity index is 1.40. The van der Waals surface area contributed by atoms with Crippen molar-refractivity contribution in [3.63, 3.8) is 0 Å². The van der Waals surface area contributed by atoms with Crippen LogP contribution < -0.4 is 10.9 Å². The molecule has 0 bridgehead atoms. The van der Waals surface area contributed by atoms with E-state index in [1.54, 1.807) is 29.2 Å². The number of amides is 1. The molecule has 0 aliphatic carbocycles. The average molecular weight is 413 g/mol. The van der Waals surface area contributed by atoms with Crippen molar-refractivity contribution in [2.45, 2.75) is 18.9 Å². The zero-order chi connectivity index (χ0) is 21.5. The van der Waals surface area contributed by atoms with E-state index in [0.29, 0.717) is 18.8 Å². The number of carbonyl (C=O) groups excluding carboxylic acids is 1. The van der Waals surface area contributed by atoms with Crippen LogP contribution in [0.15, 0.2) is 96.1 Å². The molecule has 7 heteroatoms. The van der Waals surface area contributed by atoms with Gasteiger partial charge < -0.3 is 5.32 Å². The molecule has 2 heterocycles. The predicted octanol–water partition coefficient (Wildman–Crippen LogP) is 2.77. The lowest BCUT2D eigenvalue weighted by atomic mass is 9.88. The van der Waals surface area contributed by atoms with E-state index in [1.807, 2.05) is 60.7 Å². The number of benzene rings is 2. The van der Waals surface area contributed by atoms with Crippen LogP contribution in [-0.4, -0.2) is 32.0 Å². The molecule has 0 radical (unpaired) electrons. The summed E-state index contributed by atoms with van der Waals surface area (Å²) in [5, 5.41) is 11.4. The monoisotopic (exact) mass is 413 g/mol. The van der Waals surface area contributed by atoms with Crippen LogP contribution >= 0.6 is 0 Å². The second-order valence-electron chi connectivity index (χ2n) is 7.13. The minimum atomic E-state index is -0.225. The maximum Gasteiger partial charge on any atom is 0.266 e. The summed E-state index contributed by atoms with van der Waals surface area (Å²) in [5.41, 5.74) is 1.96. The summed E-state index contributed by atoms with van der Waals surface area (Å²) in [6, 6.07) is 24.9. The quantitative estimate of drug-likeness (QED) is 0.482. The van der Waals surface area contributed by atoms with Crippen molar-refractivity contribution < 1.29 is 4.79 Å². The molecule has 0 saturated heterocycles. The van der Waals surface area contributed by atoms with Gasteiger partial charge in [0.15, 0.2) is 5.82 Å². The SMILES string of the molecule is O=C(CC(c1ccccc1)c1ccccc1)NCCn1nc(-n2cccn2)ccc1=O. The fraction of sp³-hybridized carbons (Fsp3) is 0.167. The average Bonchev–Trinajstić information content (AvgIpc) is 3.35. The van der Waals surface area contributed by atoms with E-state index >= 15 is 0 Å². The number of carbonyl (C=O) groups is 1. The van der Waals surface area contributed by atoms with Gasteiger partial charge in [-0.05, 0) is 23.3 Å². The second-order valence-corrected chi connectivity index (χ2v) is 7.13. The van der Waals surface area contributed by atoms with Gasteiger partial charge in [0.2, 0.25) is 5.91 Å². The number of hydrogen-bond donors (Lipinski definition) is 1. The molecule has 7 nitrogen and oxygen atoms in total. The molecule has 0 saturated carbocycles. The molecule has 0 aliphatic heterocycles. The normalized spacial score (nSPS) is 10.9. The van der Waals surface area contributed by atoms with Gasteiger partial charge in [-0.15, -0.1) is 5.10 Å². The van der Waals surface area contributed by atoms with Crippen LogP contribution in [0.1, 0.15) is 23.5 Å². The summed E-state index contributed by atoms with van der Waals surface area (Å²) in [6.07, 6.45) is 3.73. The standard InChI is InChI=1S/C24H23N5O2/c30-23(18-21(19-8-3-1-4-9-19)20-10-5-2-6-11-20)25-15-17-29-24(31)13-12-22(27-29)28-16-7-14-26-28/h1-14,16,21H,15,17-18H2,(H,25,30). The Labute approximate surface area is 180 Å². The summed E-state index contributed by atoms with van der Waals surface area (Å²) in [4.78, 5) is 24.8. The third-order valence-corrected chi connectivity index (χ3v) is 5.03. The Kier molecular flexibility index (Phi) is 6.32. The number of rotatable bonds is 8. The van der Waals surface area contributed by atoms with E-state index in [4.69, 9.17) is 0 Å². The molecule has 4 rings (SSSR count). The van der Waals surface area contributed by atoms with Gasteiger partial charge in [0.1, 0.15) is 0 Å². The molecule has 2 aromatic heterocycles. The number of nitrogens with zero attached hydrogens (tertiary/aromatic N) is 4. The van der Waals surface area contributed by atoms with Gasteiger partial charge in [-0.1, -0.05) is 60.7 Å². The zero-order valence-corrected chi connectivity index (χ0v) is 17.0. The van der Waals surface area contributed by atoms with Crippen LogP contribution in [0.3, 0.4) is 0 Å². The summed E-state index contributed by atoms with van der Waals surface area (Å²) in [7, 11) is 0. The topological polar surface area (TPSA) is 81.8 Å². The lowest BCUT2D eigenvalue weighted by Crippen LogP contribution is -2.33. The van der Waals surface area contributed by atoms with E-state index in [1.165, 1.54) is 10.7 Å². The maximum atomic E-state index is 12.7. The molecule has 4 aromatic rings. The highest BCUT2D eigenvalue weighted by atomic mass is 16.1. The Bertz CT molecular complexity index is 1130. The number of aromatic nitrogens is 4. The van der Waals surface area contributed by atoms with E-state index in [9.17, 15) is 9.59 Å². The highest BCUT2D eigenvalue weighted by Crippen LogP contribution is 2.27. The molecular formula is C24H23N5O2. The Morgan fingerprint density at radius 3 is 2.19 bits per heavy atom. The third kappa shape index (κ3) is 5.14. The van der Waals surface area contributed by atoms with Crippen LogP contribution in [0.25, 0.3) is 5.82 Å². The van der Waals surface area contributed by atoms with Crippen LogP contribution in [-0.2, 0) is 11.3 Å². The minimum Gasteiger partial charge on any atom is -0.354 e. The Morgan fingerprint density at radius 1 is 0.903 bits per heavy atom. The molecular weight excluding hydrogens is 390 g/mol. The summed E-state index contributed by atoms with van der Waals surface area (Å²) in [5.74, 6) is 0.435. The first kappa shape index (κ1) is 20.3. The maximum absolute atomic E-state index is 12.7. The predicted molar refractivity (Wildman–Crippen MR) is 118 cm³/mol. The first-order chi connectivity index (χ1) is 15.2. The Morgan fingerprint density at radius 2 is 1.58 bits per heavy atom. The molecule has 31 heavy (non-hydrogen) atoms. The molecule has 0 spiro atoms. The van der Waals surface area contributed by atoms with E-state index in [2.05, 4.69) is 15.5 Å². The molecule has 156 valence electrons. The number of hydrogen-bond acceptors (Lipinski definition) is 4. The Hall–Kier alpha value is -4.00. The third-order valence-electron chi connectivity index (χ3n) is 5.03. The first-order valence-corrected chi connectivity index (χ1v) is 10.2. The van der Waals surface area contributed by atoms with E-state index < -0.39 is 0 Å². The van der Waals surface area contributed by atoms with Crippen molar-refractivity contribution in [1.29, 1.82) is 0 Å². The van der Waals surface area contributed by atoms with Gasteiger partial charge in [0, 0.05) is 37.3 Å². The summed E-state index contributed by atoms with van der Waals surface area (Å²) in [6.45, 7) is 0.589. The minimum absolute atomic E-state index is 0.0357. The molecule has 0 atom stereocenters. The van der Waals surface area contributed by atoms with Crippen molar-refractivity contribution in [1.82, 2.24) is 24.9 Å². The van der Waals surface area contributed by atoms with Crippen molar-refractivity contribution in [3.8, 4) is 5.82 Å². The van der Waals surface area contributed by atoms with Gasteiger partial charge in [-0.2, -0.15) is 5.10 Å². The van der Waals surface area contributed by atoms with Crippen LogP contribution in [0.5, 0.6) is 0 Å². The van der Waals surface area contributed by atoms with Gasteiger partial charge in [-0.3, -0.25) is 9.59 Å². The van der Waals surface area contributed by atoms with Gasteiger partial charge >= 0.3 is 0 Å². The largest absolute Gasteiger partial charge is 0.354 e. The summed E-state index contributed by atoms with van der Waals surface area (Å²) >= 11 is 0. The molecule has 2 aromatic carbocycles. The smallest absolute Gasteiger partial charge is 0.266 e. The van der Waals surface area contributed by atoms with Crippen molar-refractivity contribution in [2.24, 2.45) is 0 Å². The van der Waals surface area contributed by atoms with Crippen LogP contribution in [0.4, 0.5) is 0 Å².